The van der Waals surface area contributed by atoms with Gasteiger partial charge in [-0.1, -0.05) is 31.2 Å². The first kappa shape index (κ1) is 21.8. The zero-order valence-corrected chi connectivity index (χ0v) is 18.7. The third-order valence-corrected chi connectivity index (χ3v) is 6.26. The molecule has 4 rings (SSSR count). The molecular formula is C27H28O5. The fourth-order valence-corrected chi connectivity index (χ4v) is 4.63. The lowest BCUT2D eigenvalue weighted by Gasteiger charge is -2.28. The van der Waals surface area contributed by atoms with Crippen LogP contribution in [0.1, 0.15) is 46.0 Å². The second-order valence-corrected chi connectivity index (χ2v) is 8.54. The van der Waals surface area contributed by atoms with Crippen molar-refractivity contribution in [2.75, 3.05) is 14.2 Å². The molecule has 3 aromatic rings. The highest BCUT2D eigenvalue weighted by Crippen LogP contribution is 2.46. The Kier molecular flexibility index (Phi) is 6.08. The molecule has 0 amide bonds. The summed E-state index contributed by atoms with van der Waals surface area (Å²) in [5, 5.41) is 9.09. The van der Waals surface area contributed by atoms with Crippen molar-refractivity contribution in [3.05, 3.63) is 88.5 Å². The maximum Gasteiger partial charge on any atom is 0.335 e. The molecule has 5 nitrogen and oxygen atoms in total. The molecule has 0 radical (unpaired) electrons. The normalized spacial score (nSPS) is 17.0. The number of hydrogen-bond acceptors (Lipinski definition) is 4. The van der Waals surface area contributed by atoms with Crippen LogP contribution in [-0.2, 0) is 24.9 Å². The summed E-state index contributed by atoms with van der Waals surface area (Å²) in [6.45, 7) is 2.68. The number of carbonyl (C=O) groups is 1. The topological polar surface area (TPSA) is 65.0 Å². The number of rotatable bonds is 8. The van der Waals surface area contributed by atoms with E-state index in [9.17, 15) is 4.79 Å². The molecule has 1 aliphatic carbocycles. The van der Waals surface area contributed by atoms with Crippen molar-refractivity contribution in [2.24, 2.45) is 0 Å². The minimum atomic E-state index is -0.928. The maximum atomic E-state index is 11.1. The number of methoxy groups -OCH3 is 2. The van der Waals surface area contributed by atoms with Gasteiger partial charge in [0.05, 0.1) is 19.8 Å². The molecular weight excluding hydrogens is 404 g/mol. The number of hydrogen-bond donors (Lipinski definition) is 1. The number of fused-ring (bicyclic) bond motifs is 1. The summed E-state index contributed by atoms with van der Waals surface area (Å²) in [7, 11) is 3.33. The summed E-state index contributed by atoms with van der Waals surface area (Å²) in [6, 6.07) is 19.1. The zero-order valence-electron chi connectivity index (χ0n) is 18.7. The van der Waals surface area contributed by atoms with E-state index in [4.69, 9.17) is 19.3 Å². The molecule has 32 heavy (non-hydrogen) atoms. The van der Waals surface area contributed by atoms with Crippen molar-refractivity contribution in [1.29, 1.82) is 0 Å². The van der Waals surface area contributed by atoms with Crippen LogP contribution in [0.2, 0.25) is 0 Å². The number of carboxylic acid groups (broad SMARTS) is 1. The Morgan fingerprint density at radius 2 is 1.66 bits per heavy atom. The number of ether oxygens (including phenoxy) is 3. The Balaban J connectivity index is 1.59. The van der Waals surface area contributed by atoms with E-state index in [1.54, 1.807) is 38.5 Å². The largest absolute Gasteiger partial charge is 0.497 e. The summed E-state index contributed by atoms with van der Waals surface area (Å²) in [6.07, 6.45) is 2.90. The molecule has 0 bridgehead atoms. The van der Waals surface area contributed by atoms with Crippen LogP contribution in [0, 0.1) is 0 Å². The predicted molar refractivity (Wildman–Crippen MR) is 123 cm³/mol. The Bertz CT molecular complexity index is 1100. The molecule has 0 fully saturated rings. The van der Waals surface area contributed by atoms with Crippen molar-refractivity contribution >= 4 is 5.97 Å². The van der Waals surface area contributed by atoms with Gasteiger partial charge in [0.1, 0.15) is 23.9 Å². The van der Waals surface area contributed by atoms with Crippen LogP contribution < -0.4 is 14.2 Å². The van der Waals surface area contributed by atoms with Gasteiger partial charge in [-0.05, 0) is 66.3 Å². The van der Waals surface area contributed by atoms with Crippen LogP contribution in [0.15, 0.2) is 60.7 Å². The standard InChI is InChI=1S/C27H28O5/c1-27(16-19-13-22(30-2)15-23(14-19)31-3)12-11-20-5-4-6-24(25(20)27)32-17-18-7-9-21(10-8-18)26(28)29/h4-10,13-15H,11-12,16-17H2,1-3H3,(H,28,29)/t27-/m1/s1. The van der Waals surface area contributed by atoms with Gasteiger partial charge in [0.15, 0.2) is 0 Å². The van der Waals surface area contributed by atoms with Gasteiger partial charge in [0.25, 0.3) is 0 Å². The number of carboxylic acids is 1. The molecule has 0 unspecified atom stereocenters. The van der Waals surface area contributed by atoms with Gasteiger partial charge in [-0.2, -0.15) is 0 Å². The summed E-state index contributed by atoms with van der Waals surface area (Å²) < 4.78 is 17.2. The minimum absolute atomic E-state index is 0.0729. The lowest BCUT2D eigenvalue weighted by atomic mass is 9.78. The number of aromatic carboxylic acids is 1. The van der Waals surface area contributed by atoms with E-state index in [0.29, 0.717) is 6.61 Å². The highest BCUT2D eigenvalue weighted by molar-refractivity contribution is 5.87. The molecule has 0 saturated carbocycles. The summed E-state index contributed by atoms with van der Waals surface area (Å²) >= 11 is 0. The fraction of sp³-hybridized carbons (Fsp3) is 0.296. The summed E-state index contributed by atoms with van der Waals surface area (Å²) in [4.78, 5) is 11.1. The van der Waals surface area contributed by atoms with Crippen LogP contribution in [0.25, 0.3) is 0 Å². The molecule has 1 N–H and O–H groups in total. The van der Waals surface area contributed by atoms with Gasteiger partial charge >= 0.3 is 5.97 Å². The van der Waals surface area contributed by atoms with Gasteiger partial charge in [0.2, 0.25) is 0 Å². The summed E-state index contributed by atoms with van der Waals surface area (Å²) in [5.41, 5.74) is 4.87. The maximum absolute atomic E-state index is 11.1. The molecule has 0 aliphatic heterocycles. The first-order chi connectivity index (χ1) is 15.4. The lowest BCUT2D eigenvalue weighted by Crippen LogP contribution is -2.22. The molecule has 0 heterocycles. The first-order valence-corrected chi connectivity index (χ1v) is 10.7. The molecule has 0 aromatic heterocycles. The molecule has 0 spiro atoms. The van der Waals surface area contributed by atoms with Crippen LogP contribution in [-0.4, -0.2) is 25.3 Å². The van der Waals surface area contributed by atoms with Gasteiger partial charge < -0.3 is 19.3 Å². The van der Waals surface area contributed by atoms with Gasteiger partial charge in [-0.25, -0.2) is 4.79 Å². The Hall–Kier alpha value is -3.47. The highest BCUT2D eigenvalue weighted by Gasteiger charge is 2.37. The third kappa shape index (κ3) is 4.42. The van der Waals surface area contributed by atoms with E-state index in [-0.39, 0.29) is 11.0 Å². The van der Waals surface area contributed by atoms with E-state index >= 15 is 0 Å². The summed E-state index contributed by atoms with van der Waals surface area (Å²) in [5.74, 6) is 1.54. The quantitative estimate of drug-likeness (QED) is 0.514. The monoisotopic (exact) mass is 432 g/mol. The Morgan fingerprint density at radius 1 is 0.969 bits per heavy atom. The molecule has 1 aliphatic rings. The zero-order chi connectivity index (χ0) is 22.7. The second kappa shape index (κ2) is 8.95. The van der Waals surface area contributed by atoms with Gasteiger partial charge in [0, 0.05) is 17.0 Å². The predicted octanol–water partition coefficient (Wildman–Crippen LogP) is 5.43. The van der Waals surface area contributed by atoms with E-state index in [2.05, 4.69) is 25.1 Å². The van der Waals surface area contributed by atoms with Crippen molar-refractivity contribution in [1.82, 2.24) is 0 Å². The van der Waals surface area contributed by atoms with E-state index in [1.807, 2.05) is 18.2 Å². The van der Waals surface area contributed by atoms with E-state index < -0.39 is 5.97 Å². The molecule has 166 valence electrons. The molecule has 3 aromatic carbocycles. The van der Waals surface area contributed by atoms with Gasteiger partial charge in [-0.3, -0.25) is 0 Å². The molecule has 5 heteroatoms. The van der Waals surface area contributed by atoms with Gasteiger partial charge in [-0.15, -0.1) is 0 Å². The molecule has 0 saturated heterocycles. The second-order valence-electron chi connectivity index (χ2n) is 8.54. The average Bonchev–Trinajstić information content (AvgIpc) is 3.14. The molecule has 1 atom stereocenters. The van der Waals surface area contributed by atoms with Crippen LogP contribution in [0.3, 0.4) is 0 Å². The van der Waals surface area contributed by atoms with Crippen molar-refractivity contribution in [3.8, 4) is 17.2 Å². The lowest BCUT2D eigenvalue weighted by molar-refractivity contribution is 0.0697. The Labute approximate surface area is 188 Å². The van der Waals surface area contributed by atoms with E-state index in [0.717, 1.165) is 47.6 Å². The van der Waals surface area contributed by atoms with Crippen LogP contribution >= 0.6 is 0 Å². The van der Waals surface area contributed by atoms with Crippen LogP contribution in [0.5, 0.6) is 17.2 Å². The van der Waals surface area contributed by atoms with E-state index in [1.165, 1.54) is 11.1 Å². The highest BCUT2D eigenvalue weighted by atomic mass is 16.5. The fourth-order valence-electron chi connectivity index (χ4n) is 4.63. The average molecular weight is 433 g/mol. The first-order valence-electron chi connectivity index (χ1n) is 10.7. The number of benzene rings is 3. The SMILES string of the molecule is COc1cc(C[C@@]2(C)CCc3cccc(OCc4ccc(C(=O)O)cc4)c32)cc(OC)c1. The van der Waals surface area contributed by atoms with Crippen molar-refractivity contribution in [3.63, 3.8) is 0 Å². The van der Waals surface area contributed by atoms with Crippen molar-refractivity contribution < 1.29 is 24.1 Å². The van der Waals surface area contributed by atoms with Crippen LogP contribution in [0.4, 0.5) is 0 Å². The third-order valence-electron chi connectivity index (χ3n) is 6.26. The minimum Gasteiger partial charge on any atom is -0.497 e. The Morgan fingerprint density at radius 3 is 2.28 bits per heavy atom. The number of aryl methyl sites for hydroxylation is 1. The van der Waals surface area contributed by atoms with Crippen molar-refractivity contribution in [2.45, 2.75) is 38.2 Å². The smallest absolute Gasteiger partial charge is 0.335 e.